The monoisotopic (exact) mass is 300 g/mol. The molecule has 1 heterocycles. The first-order valence-electron chi connectivity index (χ1n) is 7.62. The Bertz CT molecular complexity index is 588. The highest BCUT2D eigenvalue weighted by Crippen LogP contribution is 2.08. The van der Waals surface area contributed by atoms with Crippen LogP contribution in [0.15, 0.2) is 41.9 Å². The summed E-state index contributed by atoms with van der Waals surface area (Å²) in [4.78, 5) is 8.58. The minimum Gasteiger partial charge on any atom is -0.357 e. The first-order chi connectivity index (χ1) is 10.7. The molecule has 2 N–H and O–H groups in total. The van der Waals surface area contributed by atoms with Crippen molar-refractivity contribution in [3.63, 3.8) is 0 Å². The van der Waals surface area contributed by atoms with Gasteiger partial charge in [0.1, 0.15) is 12.7 Å². The average Bonchev–Trinajstić information content (AvgIpc) is 2.98. The largest absolute Gasteiger partial charge is 0.357 e. The van der Waals surface area contributed by atoms with Crippen LogP contribution in [0.25, 0.3) is 0 Å². The maximum atomic E-state index is 4.62. The lowest BCUT2D eigenvalue weighted by Gasteiger charge is -2.14. The molecule has 0 aliphatic heterocycles. The number of benzene rings is 1. The van der Waals surface area contributed by atoms with E-state index in [4.69, 9.17) is 0 Å². The highest BCUT2D eigenvalue weighted by molar-refractivity contribution is 5.79. The molecule has 0 aliphatic carbocycles. The van der Waals surface area contributed by atoms with Crippen LogP contribution < -0.4 is 10.6 Å². The van der Waals surface area contributed by atoms with E-state index in [0.717, 1.165) is 19.0 Å². The number of aliphatic imine (C=N–C) groups is 1. The van der Waals surface area contributed by atoms with Crippen molar-refractivity contribution in [2.24, 2.45) is 4.99 Å². The number of nitrogens with zero attached hydrogens (tertiary/aromatic N) is 4. The number of guanidine groups is 1. The van der Waals surface area contributed by atoms with Gasteiger partial charge in [-0.3, -0.25) is 0 Å². The van der Waals surface area contributed by atoms with E-state index in [2.05, 4.69) is 70.7 Å². The molecule has 2 aromatic rings. The van der Waals surface area contributed by atoms with Gasteiger partial charge in [0.15, 0.2) is 5.96 Å². The predicted molar refractivity (Wildman–Crippen MR) is 88.7 cm³/mol. The third-order valence-corrected chi connectivity index (χ3v) is 2.99. The van der Waals surface area contributed by atoms with E-state index in [0.29, 0.717) is 12.6 Å². The van der Waals surface area contributed by atoms with Crippen LogP contribution >= 0.6 is 0 Å². The van der Waals surface area contributed by atoms with Gasteiger partial charge in [0.2, 0.25) is 0 Å². The van der Waals surface area contributed by atoms with Gasteiger partial charge in [-0.15, -0.1) is 0 Å². The molecule has 22 heavy (non-hydrogen) atoms. The number of nitrogens with one attached hydrogen (secondary N) is 2. The molecular formula is C16H24N6. The van der Waals surface area contributed by atoms with E-state index >= 15 is 0 Å². The first kappa shape index (κ1) is 16.0. The van der Waals surface area contributed by atoms with Crippen LogP contribution in [0.5, 0.6) is 0 Å². The Kier molecular flexibility index (Phi) is 5.94. The Balaban J connectivity index is 2.02. The number of hydrogen-bond donors (Lipinski definition) is 2. The Morgan fingerprint density at radius 3 is 2.82 bits per heavy atom. The van der Waals surface area contributed by atoms with Gasteiger partial charge in [-0.2, -0.15) is 5.10 Å². The van der Waals surface area contributed by atoms with Gasteiger partial charge in [-0.05, 0) is 31.9 Å². The Labute approximate surface area is 131 Å². The molecule has 6 heteroatoms. The molecule has 0 bridgehead atoms. The van der Waals surface area contributed by atoms with Gasteiger partial charge < -0.3 is 10.6 Å². The Morgan fingerprint density at radius 2 is 2.14 bits per heavy atom. The van der Waals surface area contributed by atoms with Crippen molar-refractivity contribution in [1.29, 1.82) is 0 Å². The third kappa shape index (κ3) is 5.20. The van der Waals surface area contributed by atoms with E-state index in [1.165, 1.54) is 11.1 Å². The van der Waals surface area contributed by atoms with Crippen molar-refractivity contribution in [1.82, 2.24) is 25.4 Å². The summed E-state index contributed by atoms with van der Waals surface area (Å²) in [5.74, 6) is 0.846. The Hall–Kier alpha value is -2.37. The molecule has 0 unspecified atom stereocenters. The molecular weight excluding hydrogens is 276 g/mol. The molecule has 1 aromatic carbocycles. The van der Waals surface area contributed by atoms with Crippen LogP contribution in [0.3, 0.4) is 0 Å². The van der Waals surface area contributed by atoms with E-state index in [1.54, 1.807) is 12.7 Å². The molecule has 2 rings (SSSR count). The maximum Gasteiger partial charge on any atom is 0.191 e. The maximum absolute atomic E-state index is 4.62. The highest BCUT2D eigenvalue weighted by Gasteiger charge is 2.01. The lowest BCUT2D eigenvalue weighted by molar-refractivity contribution is 0.683. The SMILES string of the molecule is CCNC(=NCc1cccc(Cn2cncn2)c1)NC(C)C. The standard InChI is InChI=1S/C16H24N6/c1-4-18-16(21-13(2)3)19-9-14-6-5-7-15(8-14)10-22-12-17-11-20-22/h5-8,11-13H,4,9-10H2,1-3H3,(H2,18,19,21). The lowest BCUT2D eigenvalue weighted by atomic mass is 10.1. The van der Waals surface area contributed by atoms with Crippen LogP contribution in [0.4, 0.5) is 0 Å². The van der Waals surface area contributed by atoms with Crippen molar-refractivity contribution in [3.05, 3.63) is 48.0 Å². The summed E-state index contributed by atoms with van der Waals surface area (Å²) in [6.45, 7) is 8.49. The number of hydrogen-bond acceptors (Lipinski definition) is 3. The lowest BCUT2D eigenvalue weighted by Crippen LogP contribution is -2.40. The van der Waals surface area contributed by atoms with Crippen LogP contribution in [0.1, 0.15) is 31.9 Å². The minimum absolute atomic E-state index is 0.358. The summed E-state index contributed by atoms with van der Waals surface area (Å²) in [6, 6.07) is 8.75. The molecule has 0 atom stereocenters. The molecule has 0 radical (unpaired) electrons. The molecule has 118 valence electrons. The van der Waals surface area contributed by atoms with Crippen LogP contribution in [-0.4, -0.2) is 33.3 Å². The fourth-order valence-corrected chi connectivity index (χ4v) is 2.09. The second kappa shape index (κ2) is 8.17. The summed E-state index contributed by atoms with van der Waals surface area (Å²) < 4.78 is 1.81. The quantitative estimate of drug-likeness (QED) is 0.630. The normalized spacial score (nSPS) is 11.7. The van der Waals surface area contributed by atoms with Gasteiger partial charge >= 0.3 is 0 Å². The molecule has 0 aliphatic rings. The summed E-state index contributed by atoms with van der Waals surface area (Å²) in [5.41, 5.74) is 2.37. The van der Waals surface area contributed by atoms with Gasteiger partial charge in [-0.25, -0.2) is 14.7 Å². The summed E-state index contributed by atoms with van der Waals surface area (Å²) in [7, 11) is 0. The first-order valence-corrected chi connectivity index (χ1v) is 7.62. The minimum atomic E-state index is 0.358. The molecule has 0 amide bonds. The Morgan fingerprint density at radius 1 is 1.32 bits per heavy atom. The fourth-order valence-electron chi connectivity index (χ4n) is 2.09. The van der Waals surface area contributed by atoms with Gasteiger partial charge in [0.25, 0.3) is 0 Å². The van der Waals surface area contributed by atoms with Crippen LogP contribution in [0.2, 0.25) is 0 Å². The van der Waals surface area contributed by atoms with E-state index < -0.39 is 0 Å². The molecule has 6 nitrogen and oxygen atoms in total. The van der Waals surface area contributed by atoms with Crippen molar-refractivity contribution >= 4 is 5.96 Å². The van der Waals surface area contributed by atoms with Crippen LogP contribution in [-0.2, 0) is 13.1 Å². The summed E-state index contributed by atoms with van der Waals surface area (Å²) in [6.07, 6.45) is 3.27. The summed E-state index contributed by atoms with van der Waals surface area (Å²) in [5, 5.41) is 10.7. The molecule has 1 aromatic heterocycles. The van der Waals surface area contributed by atoms with Gasteiger partial charge in [-0.1, -0.05) is 24.3 Å². The predicted octanol–water partition coefficient (Wildman–Crippen LogP) is 1.79. The fraction of sp³-hybridized carbons (Fsp3) is 0.438. The van der Waals surface area contributed by atoms with E-state index in [9.17, 15) is 0 Å². The average molecular weight is 300 g/mol. The summed E-state index contributed by atoms with van der Waals surface area (Å²) >= 11 is 0. The van der Waals surface area contributed by atoms with E-state index in [1.807, 2.05) is 4.68 Å². The zero-order chi connectivity index (χ0) is 15.8. The van der Waals surface area contributed by atoms with Crippen LogP contribution in [0, 0.1) is 0 Å². The van der Waals surface area contributed by atoms with Crippen molar-refractivity contribution < 1.29 is 0 Å². The van der Waals surface area contributed by atoms with Crippen molar-refractivity contribution in [2.75, 3.05) is 6.54 Å². The van der Waals surface area contributed by atoms with Crippen molar-refractivity contribution in [3.8, 4) is 0 Å². The van der Waals surface area contributed by atoms with Gasteiger partial charge in [0, 0.05) is 12.6 Å². The molecule has 0 spiro atoms. The molecule has 0 fully saturated rings. The molecule has 0 saturated heterocycles. The van der Waals surface area contributed by atoms with Gasteiger partial charge in [0.05, 0.1) is 13.1 Å². The highest BCUT2D eigenvalue weighted by atomic mass is 15.3. The topological polar surface area (TPSA) is 67.1 Å². The number of rotatable bonds is 6. The second-order valence-corrected chi connectivity index (χ2v) is 5.41. The molecule has 0 saturated carbocycles. The third-order valence-electron chi connectivity index (χ3n) is 2.99. The van der Waals surface area contributed by atoms with E-state index in [-0.39, 0.29) is 0 Å². The zero-order valence-electron chi connectivity index (χ0n) is 13.5. The second-order valence-electron chi connectivity index (χ2n) is 5.41. The zero-order valence-corrected chi connectivity index (χ0v) is 13.5. The number of aromatic nitrogens is 3. The van der Waals surface area contributed by atoms with Crippen molar-refractivity contribution in [2.45, 2.75) is 39.9 Å². The smallest absolute Gasteiger partial charge is 0.191 e.